The van der Waals surface area contributed by atoms with Crippen LogP contribution in [0.5, 0.6) is 0 Å². The zero-order chi connectivity index (χ0) is 26.9. The Morgan fingerprint density at radius 3 is 1.50 bits per heavy atom. The molecule has 0 saturated carbocycles. The first kappa shape index (κ1) is 26.8. The van der Waals surface area contributed by atoms with E-state index in [2.05, 4.69) is 6.58 Å². The maximum Gasteiger partial charge on any atom is 0.338 e. The van der Waals surface area contributed by atoms with Crippen molar-refractivity contribution in [1.29, 1.82) is 0 Å². The van der Waals surface area contributed by atoms with Crippen LogP contribution >= 0.6 is 0 Å². The number of esters is 3. The summed E-state index contributed by atoms with van der Waals surface area (Å²) in [4.78, 5) is 39.2. The maximum absolute atomic E-state index is 13.1. The summed E-state index contributed by atoms with van der Waals surface area (Å²) in [6.45, 7) is 5.38. The molecule has 1 heterocycles. The second-order valence-corrected chi connectivity index (χ2v) is 8.54. The summed E-state index contributed by atoms with van der Waals surface area (Å²) in [5, 5.41) is 0. The fourth-order valence-electron chi connectivity index (χ4n) is 3.99. The van der Waals surface area contributed by atoms with Crippen LogP contribution < -0.4 is 0 Å². The molecule has 196 valence electrons. The number of hydrogen-bond acceptors (Lipinski definition) is 8. The van der Waals surface area contributed by atoms with Gasteiger partial charge in [0, 0.05) is 0 Å². The highest BCUT2D eigenvalue weighted by Crippen LogP contribution is 2.31. The smallest absolute Gasteiger partial charge is 0.338 e. The third-order valence-electron chi connectivity index (χ3n) is 5.86. The molecule has 1 saturated heterocycles. The lowest BCUT2D eigenvalue weighted by atomic mass is 9.98. The van der Waals surface area contributed by atoms with Gasteiger partial charge in [-0.1, -0.05) is 60.7 Å². The Hall–Kier alpha value is -4.27. The molecule has 3 aromatic rings. The summed E-state index contributed by atoms with van der Waals surface area (Å²) < 4.78 is 29.2. The van der Waals surface area contributed by atoms with Crippen molar-refractivity contribution in [3.05, 3.63) is 120 Å². The normalized spacial score (nSPS) is 22.6. The van der Waals surface area contributed by atoms with Crippen molar-refractivity contribution in [1.82, 2.24) is 0 Å². The quantitative estimate of drug-likeness (QED) is 0.231. The first-order chi connectivity index (χ1) is 18.5. The third-order valence-corrected chi connectivity index (χ3v) is 5.86. The molecule has 0 unspecified atom stereocenters. The molecule has 0 N–H and O–H groups in total. The Morgan fingerprint density at radius 1 is 0.684 bits per heavy atom. The van der Waals surface area contributed by atoms with Gasteiger partial charge in [0.1, 0.15) is 0 Å². The zero-order valence-corrected chi connectivity index (χ0v) is 20.8. The topological polar surface area (TPSA) is 97.4 Å². The van der Waals surface area contributed by atoms with Gasteiger partial charge in [0.05, 0.1) is 29.4 Å². The number of rotatable bonds is 9. The second kappa shape index (κ2) is 12.8. The van der Waals surface area contributed by atoms with Crippen molar-refractivity contribution < 1.29 is 38.1 Å². The van der Waals surface area contributed by atoms with E-state index in [-0.39, 0.29) is 17.7 Å². The molecule has 8 nitrogen and oxygen atoms in total. The highest BCUT2D eigenvalue weighted by molar-refractivity contribution is 5.91. The lowest BCUT2D eigenvalue weighted by molar-refractivity contribution is -0.288. The molecule has 0 aromatic heterocycles. The number of carbonyl (C=O) groups excluding carboxylic acids is 3. The molecule has 0 radical (unpaired) electrons. The van der Waals surface area contributed by atoms with Gasteiger partial charge in [-0.15, -0.1) is 6.58 Å². The van der Waals surface area contributed by atoms with Crippen LogP contribution in [0.15, 0.2) is 104 Å². The molecule has 5 atom stereocenters. The van der Waals surface area contributed by atoms with Crippen LogP contribution in [0.25, 0.3) is 0 Å². The molecule has 1 aliphatic heterocycles. The fraction of sp³-hybridized carbons (Fsp3) is 0.233. The summed E-state index contributed by atoms with van der Waals surface area (Å²) in [6.07, 6.45) is -4.03. The van der Waals surface area contributed by atoms with Crippen molar-refractivity contribution in [2.45, 2.75) is 37.6 Å². The molecular weight excluding hydrogens is 488 g/mol. The highest BCUT2D eigenvalue weighted by Gasteiger charge is 2.51. The van der Waals surface area contributed by atoms with Gasteiger partial charge in [-0.2, -0.15) is 0 Å². The van der Waals surface area contributed by atoms with Crippen molar-refractivity contribution in [3.63, 3.8) is 0 Å². The van der Waals surface area contributed by atoms with E-state index in [1.54, 1.807) is 97.9 Å². The summed E-state index contributed by atoms with van der Waals surface area (Å²) in [5.41, 5.74) is 0.853. The predicted octanol–water partition coefficient (Wildman–Crippen LogP) is 4.61. The average Bonchev–Trinajstić information content (AvgIpc) is 2.96. The van der Waals surface area contributed by atoms with Crippen molar-refractivity contribution in [3.8, 4) is 0 Å². The Bertz CT molecular complexity index is 1230. The first-order valence-electron chi connectivity index (χ1n) is 12.1. The van der Waals surface area contributed by atoms with E-state index in [1.165, 1.54) is 6.08 Å². The van der Waals surface area contributed by atoms with Gasteiger partial charge >= 0.3 is 17.9 Å². The molecule has 1 aliphatic rings. The molecule has 0 spiro atoms. The molecular formula is C30H28O8. The fourth-order valence-corrected chi connectivity index (χ4v) is 3.99. The van der Waals surface area contributed by atoms with E-state index in [1.807, 2.05) is 0 Å². The predicted molar refractivity (Wildman–Crippen MR) is 137 cm³/mol. The molecule has 4 rings (SSSR count). The lowest BCUT2D eigenvalue weighted by Crippen LogP contribution is -2.61. The Balaban J connectivity index is 1.68. The van der Waals surface area contributed by atoms with Crippen LogP contribution in [-0.2, 0) is 23.7 Å². The van der Waals surface area contributed by atoms with Gasteiger partial charge in [-0.05, 0) is 43.3 Å². The Kier molecular flexibility index (Phi) is 9.02. The summed E-state index contributed by atoms with van der Waals surface area (Å²) in [6, 6.07) is 25.0. The van der Waals surface area contributed by atoms with Gasteiger partial charge in [0.15, 0.2) is 24.6 Å². The van der Waals surface area contributed by atoms with Crippen LogP contribution in [0.3, 0.4) is 0 Å². The second-order valence-electron chi connectivity index (χ2n) is 8.54. The van der Waals surface area contributed by atoms with Gasteiger partial charge in [-0.3, -0.25) is 0 Å². The van der Waals surface area contributed by atoms with E-state index >= 15 is 0 Å². The molecule has 0 bridgehead atoms. The zero-order valence-electron chi connectivity index (χ0n) is 20.8. The van der Waals surface area contributed by atoms with E-state index in [9.17, 15) is 14.4 Å². The van der Waals surface area contributed by atoms with Gasteiger partial charge in [-0.25, -0.2) is 14.4 Å². The van der Waals surface area contributed by atoms with Gasteiger partial charge in [0.25, 0.3) is 0 Å². The number of benzene rings is 3. The molecule has 1 fully saturated rings. The van der Waals surface area contributed by atoms with Crippen molar-refractivity contribution >= 4 is 17.9 Å². The molecule has 0 aliphatic carbocycles. The number of ether oxygens (including phenoxy) is 5. The average molecular weight is 517 g/mol. The van der Waals surface area contributed by atoms with Crippen LogP contribution in [0, 0.1) is 0 Å². The minimum Gasteiger partial charge on any atom is -0.452 e. The number of carbonyl (C=O) groups is 3. The van der Waals surface area contributed by atoms with Gasteiger partial charge in [0.2, 0.25) is 0 Å². The Labute approximate surface area is 220 Å². The van der Waals surface area contributed by atoms with E-state index in [0.29, 0.717) is 5.56 Å². The largest absolute Gasteiger partial charge is 0.452 e. The minimum absolute atomic E-state index is 0.0740. The van der Waals surface area contributed by atoms with Crippen LogP contribution in [0.1, 0.15) is 38.0 Å². The van der Waals surface area contributed by atoms with Crippen LogP contribution in [0.2, 0.25) is 0 Å². The number of hydrogen-bond donors (Lipinski definition) is 0. The summed E-state index contributed by atoms with van der Waals surface area (Å²) in [7, 11) is 0. The standard InChI is InChI=1S/C30H28O8/c1-3-19-34-30-26(38-29(33)23-17-11-6-12-18-23)25(37-28(32)22-15-9-5-10-16-22)24(20(2)35-30)36-27(31)21-13-7-4-8-14-21/h3-18,20,24-26,30H,1,19H2,2H3/t20-,24+,25+,26-,30+/m0/s1. The Morgan fingerprint density at radius 2 is 1.08 bits per heavy atom. The van der Waals surface area contributed by atoms with E-state index in [4.69, 9.17) is 23.7 Å². The maximum atomic E-state index is 13.1. The van der Waals surface area contributed by atoms with E-state index < -0.39 is 48.6 Å². The van der Waals surface area contributed by atoms with E-state index in [0.717, 1.165) is 0 Å². The molecule has 8 heteroatoms. The third kappa shape index (κ3) is 6.53. The first-order valence-corrected chi connectivity index (χ1v) is 12.1. The minimum atomic E-state index is -1.26. The molecule has 0 amide bonds. The summed E-state index contributed by atoms with van der Waals surface area (Å²) >= 11 is 0. The van der Waals surface area contributed by atoms with Crippen molar-refractivity contribution in [2.75, 3.05) is 6.61 Å². The molecule has 3 aromatic carbocycles. The lowest BCUT2D eigenvalue weighted by Gasteiger charge is -2.43. The van der Waals surface area contributed by atoms with Crippen LogP contribution in [0.4, 0.5) is 0 Å². The SMILES string of the molecule is C=CCO[C@@H]1O[C@@H](C)[C@@H](OC(=O)c2ccccc2)[C@@H](OC(=O)c2ccccc2)[C@@H]1OC(=O)c1ccccc1. The highest BCUT2D eigenvalue weighted by atomic mass is 16.7. The van der Waals surface area contributed by atoms with Gasteiger partial charge < -0.3 is 23.7 Å². The summed E-state index contributed by atoms with van der Waals surface area (Å²) in [5.74, 6) is -2.02. The molecule has 38 heavy (non-hydrogen) atoms. The monoisotopic (exact) mass is 516 g/mol. The van der Waals surface area contributed by atoms with Crippen molar-refractivity contribution in [2.24, 2.45) is 0 Å². The van der Waals surface area contributed by atoms with Crippen LogP contribution in [-0.4, -0.2) is 55.2 Å².